The van der Waals surface area contributed by atoms with Gasteiger partial charge in [0.1, 0.15) is 5.82 Å². The number of amides is 1. The second kappa shape index (κ2) is 7.82. The van der Waals surface area contributed by atoms with Crippen LogP contribution in [0.2, 0.25) is 0 Å². The maximum Gasteiger partial charge on any atom is 0.230 e. The molecule has 0 atom stereocenters. The molecule has 0 radical (unpaired) electrons. The van der Waals surface area contributed by atoms with Crippen molar-refractivity contribution >= 4 is 17.7 Å². The van der Waals surface area contributed by atoms with Gasteiger partial charge in [-0.3, -0.25) is 4.79 Å². The summed E-state index contributed by atoms with van der Waals surface area (Å²) in [6, 6.07) is 10.5. The number of thioether (sulfide) groups is 1. The SMILES string of the molecule is CC1CCC(NC(=O)CSc2nc(C3CC3)n(-c3ccccc3)n2)CC1. The fourth-order valence-corrected chi connectivity index (χ4v) is 4.18. The van der Waals surface area contributed by atoms with Gasteiger partial charge in [0.05, 0.1) is 11.4 Å². The summed E-state index contributed by atoms with van der Waals surface area (Å²) < 4.78 is 1.94. The first-order chi connectivity index (χ1) is 12.7. The van der Waals surface area contributed by atoms with Crippen LogP contribution in [0.1, 0.15) is 57.2 Å². The molecule has 4 rings (SSSR count). The Morgan fingerprint density at radius 3 is 2.58 bits per heavy atom. The first-order valence-corrected chi connectivity index (χ1v) is 10.6. The minimum Gasteiger partial charge on any atom is -0.353 e. The first-order valence-electron chi connectivity index (χ1n) is 9.63. The number of hydrogen-bond donors (Lipinski definition) is 1. The lowest BCUT2D eigenvalue weighted by atomic mass is 9.87. The van der Waals surface area contributed by atoms with E-state index in [9.17, 15) is 4.79 Å². The highest BCUT2D eigenvalue weighted by Crippen LogP contribution is 2.40. The van der Waals surface area contributed by atoms with Gasteiger partial charge in [0.15, 0.2) is 0 Å². The van der Waals surface area contributed by atoms with Gasteiger partial charge in [-0.1, -0.05) is 36.9 Å². The number of aromatic nitrogens is 3. The summed E-state index contributed by atoms with van der Waals surface area (Å²) in [5.74, 6) is 2.81. The monoisotopic (exact) mass is 370 g/mol. The zero-order valence-electron chi connectivity index (χ0n) is 15.2. The Morgan fingerprint density at radius 1 is 1.15 bits per heavy atom. The first kappa shape index (κ1) is 17.6. The number of carbonyl (C=O) groups excluding carboxylic acids is 1. The van der Waals surface area contributed by atoms with Crippen molar-refractivity contribution < 1.29 is 4.79 Å². The predicted octanol–water partition coefficient (Wildman–Crippen LogP) is 3.93. The van der Waals surface area contributed by atoms with Crippen LogP contribution in [0.5, 0.6) is 0 Å². The van der Waals surface area contributed by atoms with E-state index in [-0.39, 0.29) is 5.91 Å². The van der Waals surface area contributed by atoms with Crippen LogP contribution >= 0.6 is 11.8 Å². The number of carbonyl (C=O) groups is 1. The number of nitrogens with one attached hydrogen (secondary N) is 1. The van der Waals surface area contributed by atoms with Crippen molar-refractivity contribution in [3.05, 3.63) is 36.2 Å². The average molecular weight is 371 g/mol. The molecule has 5 nitrogen and oxygen atoms in total. The molecule has 2 aliphatic rings. The molecule has 1 aromatic carbocycles. The Labute approximate surface area is 159 Å². The van der Waals surface area contributed by atoms with E-state index >= 15 is 0 Å². The minimum absolute atomic E-state index is 0.0959. The van der Waals surface area contributed by atoms with Crippen LogP contribution in [-0.4, -0.2) is 32.5 Å². The van der Waals surface area contributed by atoms with Gasteiger partial charge in [-0.2, -0.15) is 0 Å². The second-order valence-corrected chi connectivity index (χ2v) is 8.53. The maximum atomic E-state index is 12.3. The third kappa shape index (κ3) is 4.29. The lowest BCUT2D eigenvalue weighted by molar-refractivity contribution is -0.119. The lowest BCUT2D eigenvalue weighted by Crippen LogP contribution is -2.38. The number of para-hydroxylation sites is 1. The van der Waals surface area contributed by atoms with E-state index in [0.29, 0.717) is 22.9 Å². The highest BCUT2D eigenvalue weighted by Gasteiger charge is 2.30. The highest BCUT2D eigenvalue weighted by atomic mass is 32.2. The molecular weight excluding hydrogens is 344 g/mol. The Balaban J connectivity index is 1.37. The van der Waals surface area contributed by atoms with Crippen LogP contribution in [0.3, 0.4) is 0 Å². The molecule has 2 fully saturated rings. The lowest BCUT2D eigenvalue weighted by Gasteiger charge is -2.26. The van der Waals surface area contributed by atoms with Crippen molar-refractivity contribution in [2.45, 2.75) is 62.6 Å². The zero-order valence-corrected chi connectivity index (χ0v) is 16.0. The zero-order chi connectivity index (χ0) is 17.9. The summed E-state index contributed by atoms with van der Waals surface area (Å²) in [5.41, 5.74) is 1.04. The van der Waals surface area contributed by atoms with Crippen molar-refractivity contribution in [3.63, 3.8) is 0 Å². The van der Waals surface area contributed by atoms with Crippen LogP contribution in [-0.2, 0) is 4.79 Å². The van der Waals surface area contributed by atoms with Gasteiger partial charge in [-0.15, -0.1) is 5.10 Å². The van der Waals surface area contributed by atoms with Crippen molar-refractivity contribution in [1.29, 1.82) is 0 Å². The molecule has 138 valence electrons. The van der Waals surface area contributed by atoms with E-state index in [1.165, 1.54) is 37.4 Å². The third-order valence-electron chi connectivity index (χ3n) is 5.27. The fourth-order valence-electron chi connectivity index (χ4n) is 3.53. The molecule has 1 aromatic heterocycles. The smallest absolute Gasteiger partial charge is 0.230 e. The van der Waals surface area contributed by atoms with Gasteiger partial charge in [-0.05, 0) is 56.6 Å². The normalized spacial score (nSPS) is 23.0. The molecule has 26 heavy (non-hydrogen) atoms. The van der Waals surface area contributed by atoms with Gasteiger partial charge in [-0.25, -0.2) is 9.67 Å². The second-order valence-electron chi connectivity index (χ2n) is 7.59. The summed E-state index contributed by atoms with van der Waals surface area (Å²) in [4.78, 5) is 17.0. The van der Waals surface area contributed by atoms with Crippen LogP contribution in [0.4, 0.5) is 0 Å². The molecule has 0 aliphatic heterocycles. The van der Waals surface area contributed by atoms with E-state index < -0.39 is 0 Å². The van der Waals surface area contributed by atoms with Crippen LogP contribution in [0.15, 0.2) is 35.5 Å². The van der Waals surface area contributed by atoms with Crippen molar-refractivity contribution in [1.82, 2.24) is 20.1 Å². The van der Waals surface area contributed by atoms with Gasteiger partial charge in [0, 0.05) is 12.0 Å². The standard InChI is InChI=1S/C20H26N4OS/c1-14-7-11-16(12-8-14)21-18(25)13-26-20-22-19(15-9-10-15)24(23-20)17-5-3-2-4-6-17/h2-6,14-16H,7-13H2,1H3,(H,21,25). The van der Waals surface area contributed by atoms with Crippen LogP contribution in [0, 0.1) is 5.92 Å². The number of rotatable bonds is 6. The van der Waals surface area contributed by atoms with Gasteiger partial charge < -0.3 is 5.32 Å². The fraction of sp³-hybridized carbons (Fsp3) is 0.550. The topological polar surface area (TPSA) is 59.8 Å². The summed E-state index contributed by atoms with van der Waals surface area (Å²) in [7, 11) is 0. The van der Waals surface area contributed by atoms with Gasteiger partial charge in [0.2, 0.25) is 11.1 Å². The maximum absolute atomic E-state index is 12.3. The number of benzene rings is 1. The van der Waals surface area contributed by atoms with Crippen molar-refractivity contribution in [3.8, 4) is 5.69 Å². The molecule has 1 N–H and O–H groups in total. The molecule has 1 heterocycles. The van der Waals surface area contributed by atoms with E-state index in [4.69, 9.17) is 4.98 Å². The van der Waals surface area contributed by atoms with Crippen molar-refractivity contribution in [2.75, 3.05) is 5.75 Å². The molecule has 0 saturated heterocycles. The molecule has 2 aromatic rings. The van der Waals surface area contributed by atoms with E-state index in [2.05, 4.69) is 17.3 Å². The van der Waals surface area contributed by atoms with Gasteiger partial charge >= 0.3 is 0 Å². The molecule has 2 aliphatic carbocycles. The summed E-state index contributed by atoms with van der Waals surface area (Å²) in [6.07, 6.45) is 6.98. The third-order valence-corrected chi connectivity index (χ3v) is 6.11. The number of hydrogen-bond acceptors (Lipinski definition) is 4. The van der Waals surface area contributed by atoms with E-state index in [0.717, 1.165) is 30.3 Å². The summed E-state index contributed by atoms with van der Waals surface area (Å²) in [6.45, 7) is 2.29. The Morgan fingerprint density at radius 2 is 1.88 bits per heavy atom. The highest BCUT2D eigenvalue weighted by molar-refractivity contribution is 7.99. The quantitative estimate of drug-likeness (QED) is 0.783. The molecule has 0 bridgehead atoms. The van der Waals surface area contributed by atoms with Gasteiger partial charge in [0.25, 0.3) is 0 Å². The molecular formula is C20H26N4OS. The van der Waals surface area contributed by atoms with Crippen LogP contribution < -0.4 is 5.32 Å². The summed E-state index contributed by atoms with van der Waals surface area (Å²) in [5, 5.41) is 8.53. The molecule has 1 amide bonds. The Bertz CT molecular complexity index is 748. The summed E-state index contributed by atoms with van der Waals surface area (Å²) >= 11 is 1.44. The largest absolute Gasteiger partial charge is 0.353 e. The molecule has 0 unspecified atom stereocenters. The van der Waals surface area contributed by atoms with E-state index in [1.54, 1.807) is 0 Å². The predicted molar refractivity (Wildman–Crippen MR) is 104 cm³/mol. The Hall–Kier alpha value is -1.82. The van der Waals surface area contributed by atoms with Crippen LogP contribution in [0.25, 0.3) is 5.69 Å². The minimum atomic E-state index is 0.0959. The number of nitrogens with zero attached hydrogens (tertiary/aromatic N) is 3. The molecule has 0 spiro atoms. The Kier molecular flexibility index (Phi) is 5.29. The van der Waals surface area contributed by atoms with E-state index in [1.807, 2.05) is 35.0 Å². The average Bonchev–Trinajstić information content (AvgIpc) is 3.42. The van der Waals surface area contributed by atoms with Crippen molar-refractivity contribution in [2.24, 2.45) is 5.92 Å². The molecule has 6 heteroatoms. The molecule has 2 saturated carbocycles.